The van der Waals surface area contributed by atoms with E-state index in [2.05, 4.69) is 51.3 Å². The molecule has 0 spiro atoms. The molecule has 0 saturated carbocycles. The number of rotatable bonds is 4. The van der Waals surface area contributed by atoms with Crippen LogP contribution in [0.3, 0.4) is 0 Å². The van der Waals surface area contributed by atoms with Gasteiger partial charge in [-0.25, -0.2) is 0 Å². The molecule has 2 nitrogen and oxygen atoms in total. The SMILES string of the molecule is Cc1ccc(CC(NN)C(C)C)cc1C. The van der Waals surface area contributed by atoms with Crippen molar-refractivity contribution >= 4 is 0 Å². The molecule has 84 valence electrons. The summed E-state index contributed by atoms with van der Waals surface area (Å²) in [6.45, 7) is 8.66. The lowest BCUT2D eigenvalue weighted by Gasteiger charge is -2.20. The molecule has 0 aliphatic carbocycles. The first-order chi connectivity index (χ1) is 7.04. The lowest BCUT2D eigenvalue weighted by atomic mass is 9.95. The minimum absolute atomic E-state index is 0.354. The Balaban J connectivity index is 2.75. The molecule has 1 aromatic carbocycles. The Bertz CT molecular complexity index is 318. The van der Waals surface area contributed by atoms with Gasteiger partial charge >= 0.3 is 0 Å². The fourth-order valence-corrected chi connectivity index (χ4v) is 1.67. The number of benzene rings is 1. The molecule has 2 heteroatoms. The van der Waals surface area contributed by atoms with Crippen molar-refractivity contribution < 1.29 is 0 Å². The van der Waals surface area contributed by atoms with Crippen molar-refractivity contribution in [2.75, 3.05) is 0 Å². The normalized spacial score (nSPS) is 13.2. The van der Waals surface area contributed by atoms with E-state index in [1.807, 2.05) is 0 Å². The van der Waals surface area contributed by atoms with Crippen molar-refractivity contribution in [3.63, 3.8) is 0 Å². The minimum atomic E-state index is 0.354. The Labute approximate surface area is 92.8 Å². The fraction of sp³-hybridized carbons (Fsp3) is 0.538. The molecule has 15 heavy (non-hydrogen) atoms. The topological polar surface area (TPSA) is 38.0 Å². The Kier molecular flexibility index (Phi) is 4.30. The Morgan fingerprint density at radius 3 is 2.33 bits per heavy atom. The average molecular weight is 206 g/mol. The van der Waals surface area contributed by atoms with E-state index in [0.717, 1.165) is 6.42 Å². The van der Waals surface area contributed by atoms with Crippen LogP contribution >= 0.6 is 0 Å². The number of nitrogens with one attached hydrogen (secondary N) is 1. The Morgan fingerprint density at radius 1 is 1.20 bits per heavy atom. The Morgan fingerprint density at radius 2 is 1.87 bits per heavy atom. The van der Waals surface area contributed by atoms with Gasteiger partial charge in [0.05, 0.1) is 0 Å². The van der Waals surface area contributed by atoms with Crippen LogP contribution in [-0.4, -0.2) is 6.04 Å². The number of hydrogen-bond donors (Lipinski definition) is 2. The highest BCUT2D eigenvalue weighted by Gasteiger charge is 2.11. The second-order valence-electron chi connectivity index (χ2n) is 4.64. The molecule has 3 N–H and O–H groups in total. The number of aryl methyl sites for hydroxylation is 2. The van der Waals surface area contributed by atoms with Gasteiger partial charge in [0.2, 0.25) is 0 Å². The largest absolute Gasteiger partial charge is 0.271 e. The lowest BCUT2D eigenvalue weighted by molar-refractivity contribution is 0.404. The standard InChI is InChI=1S/C13H22N2/c1-9(2)13(15-14)8-12-6-5-10(3)11(4)7-12/h5-7,9,13,15H,8,14H2,1-4H3. The molecule has 1 aromatic rings. The first kappa shape index (κ1) is 12.2. The van der Waals surface area contributed by atoms with Gasteiger partial charge in [0.1, 0.15) is 0 Å². The van der Waals surface area contributed by atoms with Gasteiger partial charge in [0.15, 0.2) is 0 Å². The van der Waals surface area contributed by atoms with E-state index in [-0.39, 0.29) is 0 Å². The van der Waals surface area contributed by atoms with Crippen molar-refractivity contribution in [1.82, 2.24) is 5.43 Å². The second kappa shape index (κ2) is 5.29. The third-order valence-corrected chi connectivity index (χ3v) is 3.05. The summed E-state index contributed by atoms with van der Waals surface area (Å²) < 4.78 is 0. The van der Waals surface area contributed by atoms with Gasteiger partial charge in [0.25, 0.3) is 0 Å². The molecule has 0 aliphatic rings. The summed E-state index contributed by atoms with van der Waals surface area (Å²) >= 11 is 0. The zero-order valence-electron chi connectivity index (χ0n) is 10.2. The van der Waals surface area contributed by atoms with Crippen molar-refractivity contribution in [3.05, 3.63) is 34.9 Å². The molecule has 0 fully saturated rings. The molecular weight excluding hydrogens is 184 g/mol. The lowest BCUT2D eigenvalue weighted by Crippen LogP contribution is -2.40. The minimum Gasteiger partial charge on any atom is -0.271 e. The van der Waals surface area contributed by atoms with Gasteiger partial charge in [0, 0.05) is 6.04 Å². The molecule has 0 aromatic heterocycles. The van der Waals surface area contributed by atoms with Crippen LogP contribution in [-0.2, 0) is 6.42 Å². The van der Waals surface area contributed by atoms with Crippen molar-refractivity contribution in [3.8, 4) is 0 Å². The molecular formula is C13H22N2. The van der Waals surface area contributed by atoms with Gasteiger partial charge in [-0.3, -0.25) is 11.3 Å². The van der Waals surface area contributed by atoms with Crippen molar-refractivity contribution in [1.29, 1.82) is 0 Å². The van der Waals surface area contributed by atoms with Gasteiger partial charge in [-0.05, 0) is 42.9 Å². The maximum Gasteiger partial charge on any atom is 0.0273 e. The van der Waals surface area contributed by atoms with Crippen LogP contribution in [0.4, 0.5) is 0 Å². The van der Waals surface area contributed by atoms with Crippen LogP contribution in [0.25, 0.3) is 0 Å². The van der Waals surface area contributed by atoms with Gasteiger partial charge in [-0.15, -0.1) is 0 Å². The maximum atomic E-state index is 5.54. The highest BCUT2D eigenvalue weighted by molar-refractivity contribution is 5.30. The molecule has 0 saturated heterocycles. The van der Waals surface area contributed by atoms with Crippen LogP contribution in [0.15, 0.2) is 18.2 Å². The summed E-state index contributed by atoms with van der Waals surface area (Å²) in [7, 11) is 0. The fourth-order valence-electron chi connectivity index (χ4n) is 1.67. The van der Waals surface area contributed by atoms with Crippen LogP contribution in [0.1, 0.15) is 30.5 Å². The first-order valence-corrected chi connectivity index (χ1v) is 5.57. The summed E-state index contributed by atoms with van der Waals surface area (Å²) in [6.07, 6.45) is 0.995. The molecule has 0 heterocycles. The summed E-state index contributed by atoms with van der Waals surface area (Å²) in [5, 5.41) is 0. The van der Waals surface area contributed by atoms with Gasteiger partial charge in [-0.2, -0.15) is 0 Å². The third-order valence-electron chi connectivity index (χ3n) is 3.05. The van der Waals surface area contributed by atoms with Crippen LogP contribution in [0.5, 0.6) is 0 Å². The van der Waals surface area contributed by atoms with Gasteiger partial charge < -0.3 is 0 Å². The van der Waals surface area contributed by atoms with Crippen molar-refractivity contribution in [2.24, 2.45) is 11.8 Å². The molecule has 0 amide bonds. The summed E-state index contributed by atoms with van der Waals surface area (Å²) in [4.78, 5) is 0. The number of hydrazine groups is 1. The zero-order valence-corrected chi connectivity index (χ0v) is 10.2. The average Bonchev–Trinajstić information content (AvgIpc) is 2.19. The van der Waals surface area contributed by atoms with Crippen LogP contribution < -0.4 is 11.3 Å². The summed E-state index contributed by atoms with van der Waals surface area (Å²) in [5.74, 6) is 6.09. The smallest absolute Gasteiger partial charge is 0.0273 e. The van der Waals surface area contributed by atoms with E-state index in [9.17, 15) is 0 Å². The monoisotopic (exact) mass is 206 g/mol. The molecule has 0 radical (unpaired) electrons. The Hall–Kier alpha value is -0.860. The van der Waals surface area contributed by atoms with E-state index in [1.54, 1.807) is 0 Å². The summed E-state index contributed by atoms with van der Waals surface area (Å²) in [5.41, 5.74) is 6.94. The molecule has 1 atom stereocenters. The van der Waals surface area contributed by atoms with E-state index in [0.29, 0.717) is 12.0 Å². The van der Waals surface area contributed by atoms with Crippen molar-refractivity contribution in [2.45, 2.75) is 40.2 Å². The summed E-state index contributed by atoms with van der Waals surface area (Å²) in [6, 6.07) is 6.97. The van der Waals surface area contributed by atoms with E-state index in [1.165, 1.54) is 16.7 Å². The molecule has 1 rings (SSSR count). The quantitative estimate of drug-likeness (QED) is 0.586. The highest BCUT2D eigenvalue weighted by Crippen LogP contribution is 2.14. The zero-order chi connectivity index (χ0) is 11.4. The highest BCUT2D eigenvalue weighted by atomic mass is 15.2. The first-order valence-electron chi connectivity index (χ1n) is 5.57. The number of nitrogens with two attached hydrogens (primary N) is 1. The van der Waals surface area contributed by atoms with Gasteiger partial charge in [-0.1, -0.05) is 32.0 Å². The molecule has 0 bridgehead atoms. The number of hydrogen-bond acceptors (Lipinski definition) is 2. The van der Waals surface area contributed by atoms with Crippen LogP contribution in [0.2, 0.25) is 0 Å². The second-order valence-corrected chi connectivity index (χ2v) is 4.64. The maximum absolute atomic E-state index is 5.54. The van der Waals surface area contributed by atoms with E-state index >= 15 is 0 Å². The van der Waals surface area contributed by atoms with E-state index < -0.39 is 0 Å². The van der Waals surface area contributed by atoms with E-state index in [4.69, 9.17) is 5.84 Å². The molecule has 0 aliphatic heterocycles. The predicted octanol–water partition coefficient (Wildman–Crippen LogP) is 2.33. The molecule has 1 unspecified atom stereocenters. The predicted molar refractivity (Wildman–Crippen MR) is 65.6 cm³/mol. The van der Waals surface area contributed by atoms with Crippen LogP contribution in [0, 0.1) is 19.8 Å². The third kappa shape index (κ3) is 3.33.